The van der Waals surface area contributed by atoms with E-state index >= 15 is 0 Å². The Morgan fingerprint density at radius 3 is 2.40 bits per heavy atom. The van der Waals surface area contributed by atoms with Gasteiger partial charge in [0.15, 0.2) is 0 Å². The fourth-order valence-electron chi connectivity index (χ4n) is 2.45. The van der Waals surface area contributed by atoms with Crippen molar-refractivity contribution < 1.29 is 0 Å². The predicted octanol–water partition coefficient (Wildman–Crippen LogP) is 4.91. The van der Waals surface area contributed by atoms with Gasteiger partial charge in [-0.05, 0) is 12.0 Å². The van der Waals surface area contributed by atoms with Crippen molar-refractivity contribution in [3.8, 4) is 11.3 Å². The van der Waals surface area contributed by atoms with Crippen LogP contribution in [0.3, 0.4) is 0 Å². The molecule has 0 fully saturated rings. The quantitative estimate of drug-likeness (QED) is 0.690. The minimum Gasteiger partial charge on any atom is -0.267 e. The van der Waals surface area contributed by atoms with E-state index < -0.39 is 0 Å². The molecule has 0 amide bonds. The van der Waals surface area contributed by atoms with Crippen molar-refractivity contribution >= 4 is 23.0 Å². The normalized spacial score (nSPS) is 10.8. The van der Waals surface area contributed by atoms with E-state index in [0.29, 0.717) is 4.64 Å². The molecule has 0 spiro atoms. The summed E-state index contributed by atoms with van der Waals surface area (Å²) in [6, 6.07) is 16.8. The minimum atomic E-state index is 0.687. The summed E-state index contributed by atoms with van der Waals surface area (Å²) in [5.74, 6) is 0. The van der Waals surface area contributed by atoms with E-state index in [1.54, 1.807) is 0 Å². The third-order valence-electron chi connectivity index (χ3n) is 3.46. The first-order valence-corrected chi connectivity index (χ1v) is 7.27. The molecule has 0 atom stereocenters. The average molecular weight is 280 g/mol. The topological polar surface area (TPSA) is 28.7 Å². The first kappa shape index (κ1) is 13.0. The van der Waals surface area contributed by atoms with E-state index in [0.717, 1.165) is 28.5 Å². The molecule has 0 aliphatic heterocycles. The second kappa shape index (κ2) is 5.55. The number of aromatic amines is 1. The molecule has 1 N–H and O–H groups in total. The lowest BCUT2D eigenvalue weighted by Gasteiger charge is -2.06. The van der Waals surface area contributed by atoms with Crippen LogP contribution < -0.4 is 0 Å². The Hall–Kier alpha value is -2.00. The molecule has 0 bridgehead atoms. The van der Waals surface area contributed by atoms with Crippen LogP contribution in [-0.2, 0) is 6.42 Å². The number of aromatic nitrogens is 2. The molecule has 0 saturated carbocycles. The van der Waals surface area contributed by atoms with Crippen molar-refractivity contribution in [2.75, 3.05) is 0 Å². The van der Waals surface area contributed by atoms with Crippen LogP contribution in [0.2, 0.25) is 0 Å². The minimum absolute atomic E-state index is 0.687. The monoisotopic (exact) mass is 280 g/mol. The summed E-state index contributed by atoms with van der Waals surface area (Å²) in [7, 11) is 0. The van der Waals surface area contributed by atoms with Gasteiger partial charge >= 0.3 is 0 Å². The van der Waals surface area contributed by atoms with E-state index in [9.17, 15) is 0 Å². The highest BCUT2D eigenvalue weighted by molar-refractivity contribution is 7.71. The second-order valence-corrected chi connectivity index (χ2v) is 5.30. The standard InChI is InChI=1S/C17H16N2S/c1-2-5-12-8-10-13(11-9-12)16-14-6-3-4-7-15(14)17(20)19-18-16/h3-4,6-11H,2,5H2,1H3,(H,19,20). The number of H-pyrrole nitrogens is 1. The van der Waals surface area contributed by atoms with Gasteiger partial charge in [-0.2, -0.15) is 5.10 Å². The van der Waals surface area contributed by atoms with E-state index in [2.05, 4.69) is 47.5 Å². The third kappa shape index (κ3) is 2.37. The fourth-order valence-corrected chi connectivity index (χ4v) is 2.68. The molecule has 3 rings (SSSR count). The number of nitrogens with one attached hydrogen (secondary N) is 1. The zero-order valence-corrected chi connectivity index (χ0v) is 12.2. The molecule has 100 valence electrons. The molecule has 1 heterocycles. The maximum Gasteiger partial charge on any atom is 0.127 e. The molecule has 0 aliphatic rings. The highest BCUT2D eigenvalue weighted by Gasteiger charge is 2.06. The number of hydrogen-bond acceptors (Lipinski definition) is 2. The van der Waals surface area contributed by atoms with Crippen molar-refractivity contribution in [2.45, 2.75) is 19.8 Å². The average Bonchev–Trinajstić information content (AvgIpc) is 2.49. The summed E-state index contributed by atoms with van der Waals surface area (Å²) in [5.41, 5.74) is 3.44. The van der Waals surface area contributed by atoms with Crippen LogP contribution >= 0.6 is 12.2 Å². The van der Waals surface area contributed by atoms with Crippen LogP contribution in [-0.4, -0.2) is 10.2 Å². The van der Waals surface area contributed by atoms with Crippen molar-refractivity contribution in [2.24, 2.45) is 0 Å². The van der Waals surface area contributed by atoms with Gasteiger partial charge in [0.1, 0.15) is 4.64 Å². The Kier molecular flexibility index (Phi) is 3.61. The lowest BCUT2D eigenvalue weighted by molar-refractivity contribution is 0.922. The molecule has 0 aliphatic carbocycles. The van der Waals surface area contributed by atoms with E-state index in [-0.39, 0.29) is 0 Å². The number of aryl methyl sites for hydroxylation is 1. The summed E-state index contributed by atoms with van der Waals surface area (Å²) in [5, 5.41) is 9.51. The van der Waals surface area contributed by atoms with Gasteiger partial charge in [-0.25, -0.2) is 0 Å². The Morgan fingerprint density at radius 1 is 1.00 bits per heavy atom. The Balaban J connectivity index is 2.15. The van der Waals surface area contributed by atoms with Gasteiger partial charge in [0.25, 0.3) is 0 Å². The lowest BCUT2D eigenvalue weighted by Crippen LogP contribution is -1.92. The highest BCUT2D eigenvalue weighted by atomic mass is 32.1. The van der Waals surface area contributed by atoms with Gasteiger partial charge in [-0.1, -0.05) is 74.1 Å². The number of rotatable bonds is 3. The number of fused-ring (bicyclic) bond motifs is 1. The molecule has 20 heavy (non-hydrogen) atoms. The van der Waals surface area contributed by atoms with E-state index in [4.69, 9.17) is 12.2 Å². The lowest BCUT2D eigenvalue weighted by atomic mass is 10.0. The van der Waals surface area contributed by atoms with Crippen LogP contribution in [0.15, 0.2) is 48.5 Å². The van der Waals surface area contributed by atoms with Gasteiger partial charge in [0, 0.05) is 16.3 Å². The fraction of sp³-hybridized carbons (Fsp3) is 0.176. The number of benzene rings is 2. The summed E-state index contributed by atoms with van der Waals surface area (Å²) in [6.45, 7) is 2.19. The van der Waals surface area contributed by atoms with Crippen LogP contribution in [0.4, 0.5) is 0 Å². The van der Waals surface area contributed by atoms with Gasteiger partial charge < -0.3 is 0 Å². The molecule has 3 heteroatoms. The Morgan fingerprint density at radius 2 is 1.70 bits per heavy atom. The number of nitrogens with zero attached hydrogens (tertiary/aromatic N) is 1. The maximum atomic E-state index is 5.30. The molecule has 1 aromatic heterocycles. The predicted molar refractivity (Wildman–Crippen MR) is 86.4 cm³/mol. The molecule has 2 nitrogen and oxygen atoms in total. The van der Waals surface area contributed by atoms with Crippen LogP contribution in [0.25, 0.3) is 22.0 Å². The summed E-state index contributed by atoms with van der Waals surface area (Å²) >= 11 is 5.30. The summed E-state index contributed by atoms with van der Waals surface area (Å²) in [6.07, 6.45) is 2.28. The Labute approximate surface area is 123 Å². The van der Waals surface area contributed by atoms with Crippen molar-refractivity contribution in [3.05, 3.63) is 58.7 Å². The van der Waals surface area contributed by atoms with Crippen LogP contribution in [0, 0.1) is 4.64 Å². The molecule has 0 saturated heterocycles. The van der Waals surface area contributed by atoms with E-state index in [1.165, 1.54) is 12.0 Å². The molecule has 2 aromatic carbocycles. The zero-order chi connectivity index (χ0) is 13.9. The van der Waals surface area contributed by atoms with Gasteiger partial charge in [-0.3, -0.25) is 5.10 Å². The van der Waals surface area contributed by atoms with E-state index in [1.807, 2.05) is 18.2 Å². The first-order valence-electron chi connectivity index (χ1n) is 6.86. The Bertz CT molecular complexity index is 788. The molecular formula is C17H16N2S. The smallest absolute Gasteiger partial charge is 0.127 e. The van der Waals surface area contributed by atoms with Crippen molar-refractivity contribution in [1.29, 1.82) is 0 Å². The highest BCUT2D eigenvalue weighted by Crippen LogP contribution is 2.26. The van der Waals surface area contributed by atoms with Gasteiger partial charge in [0.2, 0.25) is 0 Å². The second-order valence-electron chi connectivity index (χ2n) is 4.89. The third-order valence-corrected chi connectivity index (χ3v) is 3.77. The van der Waals surface area contributed by atoms with Gasteiger partial charge in [0.05, 0.1) is 5.69 Å². The molecule has 0 unspecified atom stereocenters. The molecular weight excluding hydrogens is 264 g/mol. The molecule has 0 radical (unpaired) electrons. The SMILES string of the molecule is CCCc1ccc(-c2n[nH]c(=S)c3ccccc23)cc1. The summed E-state index contributed by atoms with van der Waals surface area (Å²) in [4.78, 5) is 0. The molecule has 3 aromatic rings. The van der Waals surface area contributed by atoms with Crippen LogP contribution in [0.5, 0.6) is 0 Å². The number of hydrogen-bond donors (Lipinski definition) is 1. The van der Waals surface area contributed by atoms with Crippen molar-refractivity contribution in [3.63, 3.8) is 0 Å². The first-order chi connectivity index (χ1) is 9.79. The largest absolute Gasteiger partial charge is 0.267 e. The van der Waals surface area contributed by atoms with Crippen molar-refractivity contribution in [1.82, 2.24) is 10.2 Å². The van der Waals surface area contributed by atoms with Gasteiger partial charge in [-0.15, -0.1) is 0 Å². The zero-order valence-electron chi connectivity index (χ0n) is 11.4. The van der Waals surface area contributed by atoms with Crippen LogP contribution in [0.1, 0.15) is 18.9 Å². The summed E-state index contributed by atoms with van der Waals surface area (Å²) < 4.78 is 0.687. The maximum absolute atomic E-state index is 5.30.